The first-order valence-corrected chi connectivity index (χ1v) is 12.9. The minimum Gasteiger partial charge on any atom is -0.493 e. The summed E-state index contributed by atoms with van der Waals surface area (Å²) in [6.07, 6.45) is 1.42. The van der Waals surface area contributed by atoms with E-state index in [1.807, 2.05) is 55.5 Å². The summed E-state index contributed by atoms with van der Waals surface area (Å²) < 4.78 is 38.3. The maximum absolute atomic E-state index is 12.5. The number of benzene rings is 3. The first kappa shape index (κ1) is 26.2. The van der Waals surface area contributed by atoms with Crippen molar-refractivity contribution in [2.45, 2.75) is 37.1 Å². The highest BCUT2D eigenvalue weighted by atomic mass is 32.2. The molecule has 1 unspecified atom stereocenters. The van der Waals surface area contributed by atoms with Crippen LogP contribution in [0.1, 0.15) is 36.1 Å². The molecule has 2 N–H and O–H groups in total. The van der Waals surface area contributed by atoms with Gasteiger partial charge >= 0.3 is 0 Å². The minimum atomic E-state index is -3.58. The molecule has 0 heterocycles. The zero-order chi connectivity index (χ0) is 25.3. The molecule has 3 aromatic carbocycles. The van der Waals surface area contributed by atoms with Crippen LogP contribution in [0.4, 0.5) is 0 Å². The number of hydrogen-bond acceptors (Lipinski definition) is 5. The van der Waals surface area contributed by atoms with Gasteiger partial charge < -0.3 is 14.8 Å². The Kier molecular flexibility index (Phi) is 9.28. The third-order valence-electron chi connectivity index (χ3n) is 5.71. The molecule has 0 fully saturated rings. The van der Waals surface area contributed by atoms with Crippen LogP contribution in [-0.4, -0.2) is 35.1 Å². The molecule has 0 radical (unpaired) electrons. The Hall–Kier alpha value is -3.36. The summed E-state index contributed by atoms with van der Waals surface area (Å²) in [7, 11) is -0.436. The van der Waals surface area contributed by atoms with Gasteiger partial charge in [0.1, 0.15) is 0 Å². The fourth-order valence-corrected chi connectivity index (χ4v) is 4.70. The van der Waals surface area contributed by atoms with Gasteiger partial charge in [0.15, 0.2) is 11.5 Å². The van der Waals surface area contributed by atoms with Crippen molar-refractivity contribution in [3.8, 4) is 11.5 Å². The number of carbonyl (C=O) groups excluding carboxylic acids is 1. The summed E-state index contributed by atoms with van der Waals surface area (Å²) in [5.41, 5.74) is 2.87. The monoisotopic (exact) mass is 496 g/mol. The first-order chi connectivity index (χ1) is 16.8. The lowest BCUT2D eigenvalue weighted by Crippen LogP contribution is -2.27. The van der Waals surface area contributed by atoms with Crippen molar-refractivity contribution in [2.75, 3.05) is 20.8 Å². The van der Waals surface area contributed by atoms with E-state index in [1.165, 1.54) is 0 Å². The Balaban J connectivity index is 1.49. The standard InChI is InChI=1S/C27H32N2O5S/c1-20(23-12-15-25(33-2)26(19-23)34-3)29-27(30)16-11-22-9-13-24(14-10-22)35(31,32)28-18-17-21-7-5-4-6-8-21/h4-10,12-15,19-20,28H,11,16-18H2,1-3H3,(H,29,30). The topological polar surface area (TPSA) is 93.7 Å². The third-order valence-corrected chi connectivity index (χ3v) is 7.18. The molecule has 8 heteroatoms. The summed E-state index contributed by atoms with van der Waals surface area (Å²) >= 11 is 0. The van der Waals surface area contributed by atoms with Crippen LogP contribution in [0.2, 0.25) is 0 Å². The predicted molar refractivity (Wildman–Crippen MR) is 136 cm³/mol. The molecule has 0 saturated carbocycles. The highest BCUT2D eigenvalue weighted by molar-refractivity contribution is 7.89. The molecular formula is C27H32N2O5S. The number of ether oxygens (including phenoxy) is 2. The van der Waals surface area contributed by atoms with Gasteiger partial charge in [-0.25, -0.2) is 13.1 Å². The van der Waals surface area contributed by atoms with Crippen LogP contribution in [0.25, 0.3) is 0 Å². The second kappa shape index (κ2) is 12.4. The Labute approximate surface area is 207 Å². The molecule has 0 aromatic heterocycles. The van der Waals surface area contributed by atoms with E-state index in [4.69, 9.17) is 9.47 Å². The lowest BCUT2D eigenvalue weighted by atomic mass is 10.1. The van der Waals surface area contributed by atoms with Crippen LogP contribution in [0, 0.1) is 0 Å². The average Bonchev–Trinajstić information content (AvgIpc) is 2.87. The first-order valence-electron chi connectivity index (χ1n) is 11.5. The molecule has 3 rings (SSSR count). The van der Waals surface area contributed by atoms with Gasteiger partial charge in [-0.2, -0.15) is 0 Å². The van der Waals surface area contributed by atoms with Crippen molar-refractivity contribution < 1.29 is 22.7 Å². The van der Waals surface area contributed by atoms with Crippen LogP contribution in [0.3, 0.4) is 0 Å². The summed E-state index contributed by atoms with van der Waals surface area (Å²) in [6, 6.07) is 21.7. The Morgan fingerprint density at radius 1 is 0.857 bits per heavy atom. The number of sulfonamides is 1. The average molecular weight is 497 g/mol. The number of amides is 1. The quantitative estimate of drug-likeness (QED) is 0.395. The smallest absolute Gasteiger partial charge is 0.240 e. The van der Waals surface area contributed by atoms with Crippen LogP contribution >= 0.6 is 0 Å². The molecule has 0 bridgehead atoms. The Morgan fingerprint density at radius 2 is 1.51 bits per heavy atom. The number of aryl methyl sites for hydroxylation is 1. The van der Waals surface area contributed by atoms with Crippen molar-refractivity contribution in [1.82, 2.24) is 10.0 Å². The van der Waals surface area contributed by atoms with E-state index >= 15 is 0 Å². The highest BCUT2D eigenvalue weighted by Crippen LogP contribution is 2.29. The van der Waals surface area contributed by atoms with E-state index in [0.717, 1.165) is 16.7 Å². The van der Waals surface area contributed by atoms with Crippen LogP contribution in [0.5, 0.6) is 11.5 Å². The number of nitrogens with one attached hydrogen (secondary N) is 2. The lowest BCUT2D eigenvalue weighted by Gasteiger charge is -2.16. The predicted octanol–water partition coefficient (Wildman–Crippen LogP) is 4.03. The number of rotatable bonds is 12. The van der Waals surface area contributed by atoms with Gasteiger partial charge in [-0.15, -0.1) is 0 Å². The van der Waals surface area contributed by atoms with Gasteiger partial charge in [0.25, 0.3) is 0 Å². The molecular weight excluding hydrogens is 464 g/mol. The normalized spacial score (nSPS) is 12.1. The molecule has 1 amide bonds. The Bertz CT molecular complexity index is 1210. The molecule has 186 valence electrons. The zero-order valence-electron chi connectivity index (χ0n) is 20.3. The van der Waals surface area contributed by atoms with Crippen molar-refractivity contribution in [3.05, 3.63) is 89.5 Å². The fraction of sp³-hybridized carbons (Fsp3) is 0.296. The fourth-order valence-electron chi connectivity index (χ4n) is 3.67. The summed E-state index contributed by atoms with van der Waals surface area (Å²) in [5.74, 6) is 1.15. The van der Waals surface area contributed by atoms with E-state index in [9.17, 15) is 13.2 Å². The maximum Gasteiger partial charge on any atom is 0.240 e. The maximum atomic E-state index is 12.5. The summed E-state index contributed by atoms with van der Waals surface area (Å²) in [6.45, 7) is 2.23. The molecule has 0 aliphatic heterocycles. The van der Waals surface area contributed by atoms with E-state index in [2.05, 4.69) is 10.0 Å². The SMILES string of the molecule is COc1ccc(C(C)NC(=O)CCc2ccc(S(=O)(=O)NCCc3ccccc3)cc2)cc1OC. The number of hydrogen-bond donors (Lipinski definition) is 2. The second-order valence-electron chi connectivity index (χ2n) is 8.18. The Morgan fingerprint density at radius 3 is 2.17 bits per heavy atom. The summed E-state index contributed by atoms with van der Waals surface area (Å²) in [5, 5.41) is 2.99. The number of carbonyl (C=O) groups is 1. The highest BCUT2D eigenvalue weighted by Gasteiger charge is 2.15. The minimum absolute atomic E-state index is 0.0911. The van der Waals surface area contributed by atoms with E-state index in [-0.39, 0.29) is 16.8 Å². The van der Waals surface area contributed by atoms with E-state index < -0.39 is 10.0 Å². The van der Waals surface area contributed by atoms with Crippen molar-refractivity contribution in [2.24, 2.45) is 0 Å². The molecule has 1 atom stereocenters. The molecule has 3 aromatic rings. The van der Waals surface area contributed by atoms with Gasteiger partial charge in [0, 0.05) is 13.0 Å². The molecule has 0 aliphatic carbocycles. The lowest BCUT2D eigenvalue weighted by molar-refractivity contribution is -0.121. The van der Waals surface area contributed by atoms with Gasteiger partial charge in [-0.05, 0) is 60.7 Å². The molecule has 0 spiro atoms. The number of methoxy groups -OCH3 is 2. The van der Waals surface area contributed by atoms with Crippen LogP contribution in [0.15, 0.2) is 77.7 Å². The molecule has 7 nitrogen and oxygen atoms in total. The van der Waals surface area contributed by atoms with Crippen molar-refractivity contribution in [1.29, 1.82) is 0 Å². The molecule has 0 aliphatic rings. The second-order valence-corrected chi connectivity index (χ2v) is 9.95. The summed E-state index contributed by atoms with van der Waals surface area (Å²) in [4.78, 5) is 12.7. The van der Waals surface area contributed by atoms with Gasteiger partial charge in [-0.3, -0.25) is 4.79 Å². The van der Waals surface area contributed by atoms with Crippen molar-refractivity contribution in [3.63, 3.8) is 0 Å². The molecule has 0 saturated heterocycles. The van der Waals surface area contributed by atoms with E-state index in [0.29, 0.717) is 37.3 Å². The largest absolute Gasteiger partial charge is 0.493 e. The van der Waals surface area contributed by atoms with Crippen LogP contribution in [-0.2, 0) is 27.7 Å². The van der Waals surface area contributed by atoms with Crippen molar-refractivity contribution >= 4 is 15.9 Å². The van der Waals surface area contributed by atoms with Gasteiger partial charge in [0.2, 0.25) is 15.9 Å². The third kappa shape index (κ3) is 7.56. The van der Waals surface area contributed by atoms with Crippen LogP contribution < -0.4 is 19.5 Å². The van der Waals surface area contributed by atoms with Gasteiger partial charge in [-0.1, -0.05) is 48.5 Å². The zero-order valence-corrected chi connectivity index (χ0v) is 21.1. The van der Waals surface area contributed by atoms with Gasteiger partial charge in [0.05, 0.1) is 25.2 Å². The van der Waals surface area contributed by atoms with E-state index in [1.54, 1.807) is 38.5 Å². The molecule has 35 heavy (non-hydrogen) atoms.